The first-order valence-corrected chi connectivity index (χ1v) is 5.89. The van der Waals surface area contributed by atoms with Gasteiger partial charge in [-0.2, -0.15) is 0 Å². The Hall–Kier alpha value is -1.59. The highest BCUT2D eigenvalue weighted by atomic mass is 16.4. The van der Waals surface area contributed by atoms with Crippen molar-refractivity contribution in [3.8, 4) is 0 Å². The smallest absolute Gasteiger partial charge is 0.141 e. The number of aliphatic hydroxyl groups is 1. The second-order valence-electron chi connectivity index (χ2n) is 4.95. The number of rotatable bonds is 6. The number of benzene rings is 1. The van der Waals surface area contributed by atoms with E-state index in [9.17, 15) is 5.11 Å². The van der Waals surface area contributed by atoms with E-state index in [1.807, 2.05) is 30.3 Å². The van der Waals surface area contributed by atoms with Crippen LogP contribution >= 0.6 is 0 Å². The summed E-state index contributed by atoms with van der Waals surface area (Å²) >= 11 is 0. The van der Waals surface area contributed by atoms with E-state index < -0.39 is 5.60 Å². The number of hydrogen-bond acceptors (Lipinski definition) is 4. The fraction of sp³-hybridized carbons (Fsp3) is 0.462. The SMILES string of the molecule is CC(C)(O)CNC(CC(N)=NO)c1ccccc1. The molecule has 0 fully saturated rings. The molecule has 1 rings (SSSR count). The summed E-state index contributed by atoms with van der Waals surface area (Å²) in [5.41, 5.74) is 5.78. The zero-order chi connectivity index (χ0) is 13.6. The Kier molecular flexibility index (Phi) is 5.12. The highest BCUT2D eigenvalue weighted by Crippen LogP contribution is 2.17. The molecule has 1 atom stereocenters. The molecule has 1 aromatic carbocycles. The summed E-state index contributed by atoms with van der Waals surface area (Å²) in [6.07, 6.45) is 0.386. The van der Waals surface area contributed by atoms with Gasteiger partial charge in [0.15, 0.2) is 0 Å². The largest absolute Gasteiger partial charge is 0.409 e. The minimum Gasteiger partial charge on any atom is -0.409 e. The first kappa shape index (κ1) is 14.5. The molecule has 1 aromatic rings. The van der Waals surface area contributed by atoms with E-state index in [1.54, 1.807) is 13.8 Å². The molecule has 0 amide bonds. The highest BCUT2D eigenvalue weighted by Gasteiger charge is 2.18. The predicted octanol–water partition coefficient (Wildman–Crippen LogP) is 1.22. The molecule has 18 heavy (non-hydrogen) atoms. The average Bonchev–Trinajstić information content (AvgIpc) is 2.34. The molecule has 0 aliphatic rings. The molecule has 0 aromatic heterocycles. The standard InChI is InChI=1S/C13H21N3O2/c1-13(2,17)9-15-11(8-12(14)16-18)10-6-4-3-5-7-10/h3-7,11,15,17-18H,8-9H2,1-2H3,(H2,14,16). The van der Waals surface area contributed by atoms with Crippen molar-refractivity contribution in [3.63, 3.8) is 0 Å². The van der Waals surface area contributed by atoms with Gasteiger partial charge in [-0.3, -0.25) is 0 Å². The van der Waals surface area contributed by atoms with Gasteiger partial charge >= 0.3 is 0 Å². The summed E-state index contributed by atoms with van der Waals surface area (Å²) in [4.78, 5) is 0. The molecule has 5 N–H and O–H groups in total. The summed E-state index contributed by atoms with van der Waals surface area (Å²) in [6, 6.07) is 9.63. The molecule has 5 heteroatoms. The van der Waals surface area contributed by atoms with E-state index in [4.69, 9.17) is 10.9 Å². The lowest BCUT2D eigenvalue weighted by Crippen LogP contribution is -2.38. The van der Waals surface area contributed by atoms with Crippen molar-refractivity contribution in [1.82, 2.24) is 5.32 Å². The van der Waals surface area contributed by atoms with Crippen LogP contribution < -0.4 is 11.1 Å². The first-order valence-electron chi connectivity index (χ1n) is 5.89. The van der Waals surface area contributed by atoms with Gasteiger partial charge in [-0.15, -0.1) is 0 Å². The van der Waals surface area contributed by atoms with Crippen LogP contribution in [-0.4, -0.2) is 28.3 Å². The van der Waals surface area contributed by atoms with Gasteiger partial charge in [0.2, 0.25) is 0 Å². The predicted molar refractivity (Wildman–Crippen MR) is 71.5 cm³/mol. The Morgan fingerprint density at radius 1 is 1.39 bits per heavy atom. The number of nitrogens with two attached hydrogens (primary N) is 1. The third-order valence-electron chi connectivity index (χ3n) is 2.52. The Morgan fingerprint density at radius 3 is 2.50 bits per heavy atom. The Morgan fingerprint density at radius 2 is 2.00 bits per heavy atom. The van der Waals surface area contributed by atoms with E-state index in [2.05, 4.69) is 10.5 Å². The lowest BCUT2D eigenvalue weighted by atomic mass is 10.0. The fourth-order valence-corrected chi connectivity index (χ4v) is 1.62. The lowest BCUT2D eigenvalue weighted by molar-refractivity contribution is 0.0766. The average molecular weight is 251 g/mol. The number of nitrogens with one attached hydrogen (secondary N) is 1. The summed E-state index contributed by atoms with van der Waals surface area (Å²) in [6.45, 7) is 3.88. The van der Waals surface area contributed by atoms with Gasteiger partial charge in [0.25, 0.3) is 0 Å². The van der Waals surface area contributed by atoms with Gasteiger partial charge in [-0.25, -0.2) is 0 Å². The van der Waals surface area contributed by atoms with Gasteiger partial charge in [-0.05, 0) is 19.4 Å². The van der Waals surface area contributed by atoms with Crippen LogP contribution in [0.5, 0.6) is 0 Å². The monoisotopic (exact) mass is 251 g/mol. The maximum atomic E-state index is 9.73. The maximum Gasteiger partial charge on any atom is 0.141 e. The van der Waals surface area contributed by atoms with Gasteiger partial charge in [-0.1, -0.05) is 35.5 Å². The molecule has 0 bridgehead atoms. The molecule has 0 saturated carbocycles. The zero-order valence-electron chi connectivity index (χ0n) is 10.8. The third-order valence-corrected chi connectivity index (χ3v) is 2.52. The van der Waals surface area contributed by atoms with Crippen LogP contribution in [0, 0.1) is 0 Å². The summed E-state index contributed by atoms with van der Waals surface area (Å²) in [5, 5.41) is 24.6. The number of hydrogen-bond donors (Lipinski definition) is 4. The number of amidine groups is 1. The van der Waals surface area contributed by atoms with Crippen LogP contribution in [0.2, 0.25) is 0 Å². The lowest BCUT2D eigenvalue weighted by Gasteiger charge is -2.24. The minimum atomic E-state index is -0.807. The molecule has 5 nitrogen and oxygen atoms in total. The number of oxime groups is 1. The first-order chi connectivity index (χ1) is 8.42. The minimum absolute atomic E-state index is 0.0893. The van der Waals surface area contributed by atoms with Crippen molar-refractivity contribution >= 4 is 5.84 Å². The molecule has 0 spiro atoms. The summed E-state index contributed by atoms with van der Waals surface area (Å²) < 4.78 is 0. The normalized spacial score (nSPS) is 14.5. The van der Waals surface area contributed by atoms with E-state index in [0.717, 1.165) is 5.56 Å². The third kappa shape index (κ3) is 5.16. The van der Waals surface area contributed by atoms with E-state index in [1.165, 1.54) is 0 Å². The topological polar surface area (TPSA) is 90.9 Å². The van der Waals surface area contributed by atoms with E-state index in [0.29, 0.717) is 13.0 Å². The molecule has 1 unspecified atom stereocenters. The summed E-state index contributed by atoms with van der Waals surface area (Å²) in [7, 11) is 0. The second kappa shape index (κ2) is 6.37. The van der Waals surface area contributed by atoms with E-state index in [-0.39, 0.29) is 11.9 Å². The van der Waals surface area contributed by atoms with Gasteiger partial charge in [0.05, 0.1) is 5.60 Å². The van der Waals surface area contributed by atoms with Gasteiger partial charge in [0.1, 0.15) is 5.84 Å². The van der Waals surface area contributed by atoms with Crippen LogP contribution in [0.4, 0.5) is 0 Å². The summed E-state index contributed by atoms with van der Waals surface area (Å²) in [5.74, 6) is 0.159. The molecule has 0 heterocycles. The van der Waals surface area contributed by atoms with Crippen LogP contribution in [0.15, 0.2) is 35.5 Å². The van der Waals surface area contributed by atoms with Crippen LogP contribution in [0.3, 0.4) is 0 Å². The molecule has 100 valence electrons. The van der Waals surface area contributed by atoms with Crippen molar-refractivity contribution in [3.05, 3.63) is 35.9 Å². The Bertz CT molecular complexity index is 385. The quantitative estimate of drug-likeness (QED) is 0.265. The van der Waals surface area contributed by atoms with Crippen molar-refractivity contribution in [2.45, 2.75) is 31.9 Å². The second-order valence-corrected chi connectivity index (χ2v) is 4.95. The fourth-order valence-electron chi connectivity index (χ4n) is 1.62. The zero-order valence-corrected chi connectivity index (χ0v) is 10.8. The van der Waals surface area contributed by atoms with Crippen LogP contribution in [-0.2, 0) is 0 Å². The molecule has 0 aliphatic carbocycles. The van der Waals surface area contributed by atoms with Crippen molar-refractivity contribution < 1.29 is 10.3 Å². The molecular formula is C13H21N3O2. The van der Waals surface area contributed by atoms with Crippen molar-refractivity contribution in [1.29, 1.82) is 0 Å². The van der Waals surface area contributed by atoms with Crippen LogP contribution in [0.1, 0.15) is 31.9 Å². The number of nitrogens with zero attached hydrogens (tertiary/aromatic N) is 1. The van der Waals surface area contributed by atoms with Crippen LogP contribution in [0.25, 0.3) is 0 Å². The molecule has 0 radical (unpaired) electrons. The maximum absolute atomic E-state index is 9.73. The Labute approximate surface area is 107 Å². The van der Waals surface area contributed by atoms with E-state index >= 15 is 0 Å². The molecule has 0 saturated heterocycles. The Balaban J connectivity index is 2.76. The van der Waals surface area contributed by atoms with Crippen molar-refractivity contribution in [2.24, 2.45) is 10.9 Å². The highest BCUT2D eigenvalue weighted by molar-refractivity contribution is 5.80. The van der Waals surface area contributed by atoms with Gasteiger partial charge < -0.3 is 21.4 Å². The molecular weight excluding hydrogens is 230 g/mol. The van der Waals surface area contributed by atoms with Gasteiger partial charge in [0, 0.05) is 19.0 Å². The van der Waals surface area contributed by atoms with Crippen molar-refractivity contribution in [2.75, 3.05) is 6.54 Å². The molecule has 0 aliphatic heterocycles.